The summed E-state index contributed by atoms with van der Waals surface area (Å²) in [6.45, 7) is 1.97. The van der Waals surface area contributed by atoms with Gasteiger partial charge in [0.05, 0.1) is 0 Å². The van der Waals surface area contributed by atoms with Gasteiger partial charge in [0.2, 0.25) is 0 Å². The van der Waals surface area contributed by atoms with Gasteiger partial charge in [-0.2, -0.15) is 11.8 Å². The number of ketones is 1. The molecule has 0 fully saturated rings. The first-order valence-corrected chi connectivity index (χ1v) is 10.0. The summed E-state index contributed by atoms with van der Waals surface area (Å²) in [5.41, 5.74) is 2.08. The van der Waals surface area contributed by atoms with Crippen LogP contribution in [0.15, 0.2) is 65.1 Å². The van der Waals surface area contributed by atoms with Crippen LogP contribution in [0.4, 0.5) is 4.39 Å². The van der Waals surface area contributed by atoms with Crippen molar-refractivity contribution in [1.82, 2.24) is 5.32 Å². The predicted molar refractivity (Wildman–Crippen MR) is 109 cm³/mol. The Balaban J connectivity index is 1.47. The number of benzene rings is 2. The maximum atomic E-state index is 13.5. The van der Waals surface area contributed by atoms with Gasteiger partial charge in [-0.25, -0.2) is 4.39 Å². The Labute approximate surface area is 167 Å². The van der Waals surface area contributed by atoms with Crippen molar-refractivity contribution >= 4 is 23.5 Å². The molecule has 1 N–H and O–H groups in total. The molecule has 0 bridgehead atoms. The molecule has 1 amide bonds. The minimum absolute atomic E-state index is 0.000987. The molecule has 0 radical (unpaired) electrons. The number of Topliss-reactive ketones (excluding diaryl/α,β-unsaturated/α-hetero) is 1. The van der Waals surface area contributed by atoms with E-state index in [0.717, 1.165) is 5.56 Å². The second kappa shape index (κ2) is 9.37. The van der Waals surface area contributed by atoms with E-state index in [2.05, 4.69) is 5.32 Å². The summed E-state index contributed by atoms with van der Waals surface area (Å²) in [6.07, 6.45) is 0. The number of rotatable bonds is 8. The summed E-state index contributed by atoms with van der Waals surface area (Å²) in [7, 11) is 0. The molecule has 6 heteroatoms. The van der Waals surface area contributed by atoms with Crippen molar-refractivity contribution in [3.05, 3.63) is 83.4 Å². The maximum absolute atomic E-state index is 13.5. The highest BCUT2D eigenvalue weighted by molar-refractivity contribution is 7.98. The van der Waals surface area contributed by atoms with Crippen LogP contribution in [-0.4, -0.2) is 24.0 Å². The molecule has 28 heavy (non-hydrogen) atoms. The number of hydrogen-bond acceptors (Lipinski definition) is 4. The lowest BCUT2D eigenvalue weighted by molar-refractivity contribution is 0.0928. The van der Waals surface area contributed by atoms with Gasteiger partial charge in [-0.15, -0.1) is 0 Å². The van der Waals surface area contributed by atoms with Crippen LogP contribution < -0.4 is 5.32 Å². The Hall–Kier alpha value is -2.86. The molecule has 0 atom stereocenters. The average Bonchev–Trinajstić information content (AvgIpc) is 3.19. The number of carbonyl (C=O) groups excluding carboxylic acids is 2. The van der Waals surface area contributed by atoms with Crippen molar-refractivity contribution < 1.29 is 18.4 Å². The molecule has 1 heterocycles. The number of halogens is 1. The zero-order chi connectivity index (χ0) is 19.9. The largest absolute Gasteiger partial charge is 0.451 e. The molecular formula is C22H20FNO3S. The van der Waals surface area contributed by atoms with Gasteiger partial charge in [0.15, 0.2) is 11.5 Å². The molecule has 0 aliphatic rings. The van der Waals surface area contributed by atoms with Gasteiger partial charge in [0.25, 0.3) is 5.91 Å². The molecule has 1 aromatic heterocycles. The summed E-state index contributed by atoms with van der Waals surface area (Å²) in [6, 6.07) is 17.1. The molecule has 3 aromatic rings. The van der Waals surface area contributed by atoms with E-state index in [0.29, 0.717) is 34.9 Å². The highest BCUT2D eigenvalue weighted by Crippen LogP contribution is 2.23. The van der Waals surface area contributed by atoms with Gasteiger partial charge in [0.1, 0.15) is 11.6 Å². The average molecular weight is 397 g/mol. The molecule has 144 valence electrons. The summed E-state index contributed by atoms with van der Waals surface area (Å²) < 4.78 is 19.2. The van der Waals surface area contributed by atoms with E-state index in [1.165, 1.54) is 13.0 Å². The molecule has 0 unspecified atom stereocenters. The molecule has 0 saturated carbocycles. The molecular weight excluding hydrogens is 377 g/mol. The summed E-state index contributed by atoms with van der Waals surface area (Å²) in [5, 5.41) is 2.80. The lowest BCUT2D eigenvalue weighted by Gasteiger charge is -2.05. The second-order valence-electron chi connectivity index (χ2n) is 6.20. The van der Waals surface area contributed by atoms with E-state index < -0.39 is 0 Å². The third-order valence-corrected chi connectivity index (χ3v) is 5.16. The summed E-state index contributed by atoms with van der Waals surface area (Å²) in [5.74, 6) is 1.51. The minimum atomic E-state index is -0.293. The van der Waals surface area contributed by atoms with Crippen molar-refractivity contribution in [3.63, 3.8) is 0 Å². The maximum Gasteiger partial charge on any atom is 0.287 e. The van der Waals surface area contributed by atoms with Gasteiger partial charge in [0, 0.05) is 29.2 Å². The van der Waals surface area contributed by atoms with Crippen molar-refractivity contribution in [3.8, 4) is 11.3 Å². The van der Waals surface area contributed by atoms with Crippen molar-refractivity contribution in [2.24, 2.45) is 0 Å². The molecule has 0 aliphatic carbocycles. The zero-order valence-corrected chi connectivity index (χ0v) is 16.2. The van der Waals surface area contributed by atoms with Crippen LogP contribution in [0.5, 0.6) is 0 Å². The first kappa shape index (κ1) is 19.9. The van der Waals surface area contributed by atoms with Crippen LogP contribution in [0.1, 0.15) is 33.4 Å². The fraction of sp³-hybridized carbons (Fsp3) is 0.182. The van der Waals surface area contributed by atoms with Crippen molar-refractivity contribution in [1.29, 1.82) is 0 Å². The van der Waals surface area contributed by atoms with E-state index >= 15 is 0 Å². The molecule has 0 saturated heterocycles. The lowest BCUT2D eigenvalue weighted by atomic mass is 10.1. The van der Waals surface area contributed by atoms with Gasteiger partial charge >= 0.3 is 0 Å². The van der Waals surface area contributed by atoms with E-state index in [4.69, 9.17) is 4.42 Å². The fourth-order valence-corrected chi connectivity index (χ4v) is 3.45. The topological polar surface area (TPSA) is 59.3 Å². The molecule has 3 rings (SSSR count). The Bertz CT molecular complexity index is 966. The van der Waals surface area contributed by atoms with Crippen molar-refractivity contribution in [2.75, 3.05) is 12.3 Å². The minimum Gasteiger partial charge on any atom is -0.451 e. The molecule has 4 nitrogen and oxygen atoms in total. The number of nitrogens with one attached hydrogen (secondary N) is 1. The van der Waals surface area contributed by atoms with E-state index in [1.54, 1.807) is 60.3 Å². The summed E-state index contributed by atoms with van der Waals surface area (Å²) >= 11 is 1.55. The van der Waals surface area contributed by atoms with E-state index in [1.807, 2.05) is 6.07 Å². The van der Waals surface area contributed by atoms with Crippen molar-refractivity contribution in [2.45, 2.75) is 12.7 Å². The third kappa shape index (κ3) is 5.10. The first-order chi connectivity index (χ1) is 13.5. The van der Waals surface area contributed by atoms with Gasteiger partial charge in [-0.05, 0) is 30.7 Å². The second-order valence-corrected chi connectivity index (χ2v) is 7.30. The molecule has 0 aliphatic heterocycles. The lowest BCUT2D eigenvalue weighted by Crippen LogP contribution is -2.25. The first-order valence-electron chi connectivity index (χ1n) is 8.85. The smallest absolute Gasteiger partial charge is 0.287 e. The van der Waals surface area contributed by atoms with Crippen LogP contribution in [-0.2, 0) is 5.75 Å². The number of carbonyl (C=O) groups is 2. The van der Waals surface area contributed by atoms with Crippen LogP contribution in [0.25, 0.3) is 11.3 Å². The van der Waals surface area contributed by atoms with Crippen LogP contribution >= 0.6 is 11.8 Å². The standard InChI is InChI=1S/C22H20FNO3S/c1-15(25)16-6-8-17(9-7-16)20-10-11-21(27-20)22(26)24-12-13-28-14-18-4-2-3-5-19(18)23/h2-11H,12-14H2,1H3,(H,24,26). The third-order valence-electron chi connectivity index (χ3n) is 4.15. The highest BCUT2D eigenvalue weighted by atomic mass is 32.2. The monoisotopic (exact) mass is 397 g/mol. The summed E-state index contributed by atoms with van der Waals surface area (Å²) in [4.78, 5) is 23.5. The van der Waals surface area contributed by atoms with Crippen LogP contribution in [0, 0.1) is 5.82 Å². The normalized spacial score (nSPS) is 10.6. The number of hydrogen-bond donors (Lipinski definition) is 1. The number of amides is 1. The quantitative estimate of drug-likeness (QED) is 0.431. The van der Waals surface area contributed by atoms with Gasteiger partial charge < -0.3 is 9.73 Å². The SMILES string of the molecule is CC(=O)c1ccc(-c2ccc(C(=O)NCCSCc3ccccc3F)o2)cc1. The Morgan fingerprint density at radius 3 is 2.50 bits per heavy atom. The Morgan fingerprint density at radius 2 is 1.79 bits per heavy atom. The molecule has 2 aromatic carbocycles. The Morgan fingerprint density at radius 1 is 1.04 bits per heavy atom. The van der Waals surface area contributed by atoms with Gasteiger partial charge in [-0.3, -0.25) is 9.59 Å². The molecule has 0 spiro atoms. The van der Waals surface area contributed by atoms with Gasteiger partial charge in [-0.1, -0.05) is 42.5 Å². The highest BCUT2D eigenvalue weighted by Gasteiger charge is 2.12. The number of furan rings is 1. The van der Waals surface area contributed by atoms with Crippen LogP contribution in [0.2, 0.25) is 0 Å². The van der Waals surface area contributed by atoms with E-state index in [-0.39, 0.29) is 23.3 Å². The Kier molecular flexibility index (Phi) is 6.66. The van der Waals surface area contributed by atoms with E-state index in [9.17, 15) is 14.0 Å². The zero-order valence-electron chi connectivity index (χ0n) is 15.4. The number of thioether (sulfide) groups is 1. The van der Waals surface area contributed by atoms with Crippen LogP contribution in [0.3, 0.4) is 0 Å². The fourth-order valence-electron chi connectivity index (χ4n) is 2.61. The predicted octanol–water partition coefficient (Wildman–Crippen LogP) is 4.95.